The van der Waals surface area contributed by atoms with Crippen molar-refractivity contribution in [2.75, 3.05) is 13.2 Å². The van der Waals surface area contributed by atoms with E-state index in [1.54, 1.807) is 24.3 Å². The Morgan fingerprint density at radius 2 is 1.52 bits per heavy atom. The number of aromatic carboxylic acids is 1. The Bertz CT molecular complexity index is 1090. The zero-order valence-electron chi connectivity index (χ0n) is 25.7. The molecule has 2 aliphatic rings. The van der Waals surface area contributed by atoms with Crippen molar-refractivity contribution in [1.29, 1.82) is 0 Å². The number of hydrogen-bond acceptors (Lipinski definition) is 7. The smallest absolute Gasteiger partial charge is 0.375 e. The minimum atomic E-state index is -1.39. The van der Waals surface area contributed by atoms with Crippen molar-refractivity contribution in [2.45, 2.75) is 89.3 Å². The number of aliphatic hydroxyl groups excluding tert-OH is 1. The lowest BCUT2D eigenvalue weighted by Gasteiger charge is -2.22. The molecule has 0 saturated heterocycles. The average molecular weight is 612 g/mol. The molecule has 2 fully saturated rings. The second kappa shape index (κ2) is 26.4. The molecular weight excluding hydrogens is 562 g/mol. The number of allylic oxidation sites excluding steroid dienone is 6. The molecule has 0 bridgehead atoms. The van der Waals surface area contributed by atoms with E-state index in [2.05, 4.69) is 47.5 Å². The molecule has 11 heteroatoms. The Hall–Kier alpha value is -4.27. The summed E-state index contributed by atoms with van der Waals surface area (Å²) in [6, 6.07) is 0.116. The van der Waals surface area contributed by atoms with Crippen molar-refractivity contribution in [3.63, 3.8) is 0 Å². The molecule has 11 nitrogen and oxygen atoms in total. The fourth-order valence-electron chi connectivity index (χ4n) is 4.42. The summed E-state index contributed by atoms with van der Waals surface area (Å²) in [5.74, 6) is -3.56. The van der Waals surface area contributed by atoms with Gasteiger partial charge in [-0.05, 0) is 25.7 Å². The standard InChI is InChI=1S/C14H22O.C12H17N5O4.C5H8O.C2H2/c1-2-3-4-7-10-13-15-14-11-8-5-6-9-12-14;13-9(19)11-15-10(12(20)21)16-17(11)6-8(18)14-7-4-2-1-3-5-7;1-2-3-4-5-6;1-2/h2-4,7,10,14H,1,5-6,8-9,11-13H2;7H,1-6H2,(H2,13,19)(H,14,18)(H,20,21);2-4,6H,1,5H2;1-2H/b4-3-,10-7+;;4-3+;. The largest absolute Gasteiger partial charge is 0.475 e. The number of primary amides is 1. The van der Waals surface area contributed by atoms with Crippen molar-refractivity contribution >= 4 is 17.8 Å². The monoisotopic (exact) mass is 611 g/mol. The zero-order valence-corrected chi connectivity index (χ0v) is 25.7. The molecule has 0 aromatic carbocycles. The van der Waals surface area contributed by atoms with Crippen molar-refractivity contribution in [2.24, 2.45) is 5.73 Å². The number of amides is 2. The Balaban J connectivity index is 0.000000701. The molecule has 0 unspecified atom stereocenters. The molecule has 3 rings (SSSR count). The molecule has 1 heterocycles. The van der Waals surface area contributed by atoms with Crippen LogP contribution >= 0.6 is 0 Å². The number of nitrogens with two attached hydrogens (primary N) is 1. The van der Waals surface area contributed by atoms with Crippen LogP contribution < -0.4 is 11.1 Å². The number of carboxylic acid groups (broad SMARTS) is 1. The number of hydrogen-bond donors (Lipinski definition) is 4. The molecule has 2 aliphatic carbocycles. The molecule has 0 spiro atoms. The highest BCUT2D eigenvalue weighted by Gasteiger charge is 2.22. The molecule has 0 aliphatic heterocycles. The number of carbonyl (C=O) groups is 3. The first-order chi connectivity index (χ1) is 21.3. The Labute approximate surface area is 261 Å². The van der Waals surface area contributed by atoms with Crippen LogP contribution in [0.3, 0.4) is 0 Å². The third-order valence-electron chi connectivity index (χ3n) is 6.45. The number of terminal acetylenes is 1. The number of rotatable bonds is 12. The summed E-state index contributed by atoms with van der Waals surface area (Å²) >= 11 is 0. The van der Waals surface area contributed by atoms with Gasteiger partial charge < -0.3 is 26.0 Å². The fraction of sp³-hybridized carbons (Fsp3) is 0.485. The normalized spacial score (nSPS) is 15.5. The van der Waals surface area contributed by atoms with E-state index in [1.165, 1.54) is 44.9 Å². The predicted octanol–water partition coefficient (Wildman–Crippen LogP) is 4.52. The Kier molecular flexibility index (Phi) is 23.8. The molecule has 44 heavy (non-hydrogen) atoms. The minimum Gasteiger partial charge on any atom is -0.475 e. The molecule has 1 aromatic heterocycles. The summed E-state index contributed by atoms with van der Waals surface area (Å²) in [6.45, 7) is 7.57. The number of ether oxygens (including phenoxy) is 1. The second-order valence-corrected chi connectivity index (χ2v) is 9.83. The quantitative estimate of drug-likeness (QED) is 0.152. The number of nitrogens with zero attached hydrogens (tertiary/aromatic N) is 3. The van der Waals surface area contributed by atoms with Gasteiger partial charge in [-0.1, -0.05) is 107 Å². The second-order valence-electron chi connectivity index (χ2n) is 9.83. The van der Waals surface area contributed by atoms with Gasteiger partial charge in [0.2, 0.25) is 11.7 Å². The minimum absolute atomic E-state index is 0.103. The fourth-order valence-corrected chi connectivity index (χ4v) is 4.42. The first-order valence-corrected chi connectivity index (χ1v) is 14.9. The van der Waals surface area contributed by atoms with Gasteiger partial charge in [0.1, 0.15) is 6.54 Å². The van der Waals surface area contributed by atoms with Gasteiger partial charge in [-0.2, -0.15) is 4.98 Å². The zero-order chi connectivity index (χ0) is 33.0. The number of carboxylic acids is 1. The third-order valence-corrected chi connectivity index (χ3v) is 6.45. The van der Waals surface area contributed by atoms with Crippen LogP contribution in [0.25, 0.3) is 0 Å². The molecule has 2 saturated carbocycles. The van der Waals surface area contributed by atoms with Gasteiger partial charge in [-0.15, -0.1) is 17.9 Å². The summed E-state index contributed by atoms with van der Waals surface area (Å²) in [4.78, 5) is 37.4. The molecular formula is C33H49N5O6. The van der Waals surface area contributed by atoms with E-state index in [-0.39, 0.29) is 30.9 Å². The summed E-state index contributed by atoms with van der Waals surface area (Å²) in [6.07, 6.45) is 36.3. The number of nitrogens with one attached hydrogen (secondary N) is 1. The van der Waals surface area contributed by atoms with Crippen LogP contribution in [0.2, 0.25) is 0 Å². The summed E-state index contributed by atoms with van der Waals surface area (Å²) < 4.78 is 6.72. The highest BCUT2D eigenvalue weighted by atomic mass is 16.5. The van der Waals surface area contributed by atoms with Crippen molar-refractivity contribution < 1.29 is 29.3 Å². The number of carbonyl (C=O) groups excluding carboxylic acids is 2. The molecule has 242 valence electrons. The first kappa shape index (κ1) is 39.7. The molecule has 2 amide bonds. The summed E-state index contributed by atoms with van der Waals surface area (Å²) in [5.41, 5.74) is 5.10. The van der Waals surface area contributed by atoms with E-state index < -0.39 is 17.7 Å². The van der Waals surface area contributed by atoms with Crippen LogP contribution in [0, 0.1) is 12.8 Å². The maximum absolute atomic E-state index is 11.9. The van der Waals surface area contributed by atoms with Crippen molar-refractivity contribution in [3.05, 3.63) is 73.4 Å². The predicted molar refractivity (Wildman–Crippen MR) is 173 cm³/mol. The lowest BCUT2D eigenvalue weighted by molar-refractivity contribution is -0.122. The van der Waals surface area contributed by atoms with Crippen LogP contribution in [-0.4, -0.2) is 68.1 Å². The van der Waals surface area contributed by atoms with E-state index in [4.69, 9.17) is 20.7 Å². The molecule has 0 radical (unpaired) electrons. The Morgan fingerprint density at radius 3 is 2.05 bits per heavy atom. The highest BCUT2D eigenvalue weighted by Crippen LogP contribution is 2.19. The van der Waals surface area contributed by atoms with E-state index >= 15 is 0 Å². The lowest BCUT2D eigenvalue weighted by Crippen LogP contribution is -2.39. The average Bonchev–Trinajstić information content (AvgIpc) is 3.28. The molecule has 5 N–H and O–H groups in total. The highest BCUT2D eigenvalue weighted by molar-refractivity contribution is 5.91. The van der Waals surface area contributed by atoms with Gasteiger partial charge >= 0.3 is 5.97 Å². The SMILES string of the molecule is C#C.C=C/C=C/CO.C=C/C=C\C=C\COC1CCCCCC1.NC(=O)c1nc(C(=O)O)nn1CC(=O)NC1CCCCC1. The van der Waals surface area contributed by atoms with Gasteiger partial charge in [0, 0.05) is 6.04 Å². The molecule has 1 aromatic rings. The van der Waals surface area contributed by atoms with E-state index in [1.807, 2.05) is 18.2 Å². The van der Waals surface area contributed by atoms with E-state index in [0.29, 0.717) is 6.10 Å². The van der Waals surface area contributed by atoms with Crippen LogP contribution in [0.15, 0.2) is 61.8 Å². The van der Waals surface area contributed by atoms with Crippen LogP contribution in [0.1, 0.15) is 91.9 Å². The van der Waals surface area contributed by atoms with Gasteiger partial charge in [-0.3, -0.25) is 9.59 Å². The Morgan fingerprint density at radius 1 is 0.932 bits per heavy atom. The van der Waals surface area contributed by atoms with Gasteiger partial charge in [0.15, 0.2) is 0 Å². The topological polar surface area (TPSA) is 170 Å². The van der Waals surface area contributed by atoms with Crippen LogP contribution in [-0.2, 0) is 16.1 Å². The van der Waals surface area contributed by atoms with Gasteiger partial charge in [-0.25, -0.2) is 9.48 Å². The maximum Gasteiger partial charge on any atom is 0.375 e. The van der Waals surface area contributed by atoms with E-state index in [9.17, 15) is 14.4 Å². The molecule has 0 atom stereocenters. The summed E-state index contributed by atoms with van der Waals surface area (Å²) in [5, 5.41) is 23.3. The number of aliphatic hydroxyl groups is 1. The lowest BCUT2D eigenvalue weighted by atomic mass is 9.95. The van der Waals surface area contributed by atoms with Crippen molar-refractivity contribution in [3.8, 4) is 12.8 Å². The first-order valence-electron chi connectivity index (χ1n) is 14.9. The van der Waals surface area contributed by atoms with Gasteiger partial charge in [0.05, 0.1) is 19.3 Å². The van der Waals surface area contributed by atoms with Crippen LogP contribution in [0.5, 0.6) is 0 Å². The van der Waals surface area contributed by atoms with Crippen LogP contribution in [0.4, 0.5) is 0 Å². The third kappa shape index (κ3) is 19.0. The number of aromatic nitrogens is 3. The maximum atomic E-state index is 11.9. The van der Waals surface area contributed by atoms with Crippen molar-refractivity contribution in [1.82, 2.24) is 20.1 Å². The summed E-state index contributed by atoms with van der Waals surface area (Å²) in [7, 11) is 0. The van der Waals surface area contributed by atoms with Gasteiger partial charge in [0.25, 0.3) is 11.7 Å². The van der Waals surface area contributed by atoms with E-state index in [0.717, 1.165) is 37.0 Å².